The third-order valence-corrected chi connectivity index (χ3v) is 6.95. The summed E-state index contributed by atoms with van der Waals surface area (Å²) in [5, 5.41) is 2.81. The van der Waals surface area contributed by atoms with E-state index in [0.717, 1.165) is 37.0 Å². The zero-order valence-corrected chi connectivity index (χ0v) is 17.6. The van der Waals surface area contributed by atoms with Gasteiger partial charge in [0.15, 0.2) is 0 Å². The standard InChI is InChI=1S/C22H28N2O4S/c1-18-11-12-20(29(26,27)24-14-7-2-3-8-15-24)17-21(18)22(25)23-13-16-28-19-9-5-4-6-10-19/h4-6,9-12,17H,2-3,7-8,13-16H2,1H3,(H,23,25). The monoisotopic (exact) mass is 416 g/mol. The molecule has 1 amide bonds. The number of nitrogens with one attached hydrogen (secondary N) is 1. The number of nitrogens with zero attached hydrogens (tertiary/aromatic N) is 1. The van der Waals surface area contributed by atoms with Gasteiger partial charge < -0.3 is 10.1 Å². The minimum atomic E-state index is -3.59. The fourth-order valence-corrected chi connectivity index (χ4v) is 4.93. The molecule has 6 nitrogen and oxygen atoms in total. The third-order valence-electron chi connectivity index (χ3n) is 5.06. The highest BCUT2D eigenvalue weighted by Crippen LogP contribution is 2.22. The maximum Gasteiger partial charge on any atom is 0.251 e. The lowest BCUT2D eigenvalue weighted by molar-refractivity contribution is 0.0946. The molecule has 0 aromatic heterocycles. The molecule has 0 bridgehead atoms. The SMILES string of the molecule is Cc1ccc(S(=O)(=O)N2CCCCCC2)cc1C(=O)NCCOc1ccccc1. The van der Waals surface area contributed by atoms with Crippen molar-refractivity contribution in [3.63, 3.8) is 0 Å². The average molecular weight is 417 g/mol. The van der Waals surface area contributed by atoms with E-state index in [1.807, 2.05) is 30.3 Å². The highest BCUT2D eigenvalue weighted by atomic mass is 32.2. The molecule has 7 heteroatoms. The van der Waals surface area contributed by atoms with E-state index in [1.54, 1.807) is 23.4 Å². The van der Waals surface area contributed by atoms with Crippen molar-refractivity contribution in [1.82, 2.24) is 9.62 Å². The van der Waals surface area contributed by atoms with Crippen LogP contribution in [0.4, 0.5) is 0 Å². The highest BCUT2D eigenvalue weighted by molar-refractivity contribution is 7.89. The molecule has 1 N–H and O–H groups in total. The Morgan fingerprint density at radius 1 is 1.03 bits per heavy atom. The maximum atomic E-state index is 13.0. The Morgan fingerprint density at radius 3 is 2.41 bits per heavy atom. The smallest absolute Gasteiger partial charge is 0.251 e. The van der Waals surface area contributed by atoms with E-state index in [2.05, 4.69) is 5.32 Å². The van der Waals surface area contributed by atoms with Crippen LogP contribution in [-0.2, 0) is 10.0 Å². The largest absolute Gasteiger partial charge is 0.492 e. The summed E-state index contributed by atoms with van der Waals surface area (Å²) in [7, 11) is -3.59. The molecule has 2 aromatic carbocycles. The first-order valence-electron chi connectivity index (χ1n) is 10.1. The van der Waals surface area contributed by atoms with Crippen LogP contribution < -0.4 is 10.1 Å². The minimum Gasteiger partial charge on any atom is -0.492 e. The minimum absolute atomic E-state index is 0.177. The Bertz CT molecular complexity index is 921. The van der Waals surface area contributed by atoms with Gasteiger partial charge in [0.05, 0.1) is 11.4 Å². The Morgan fingerprint density at radius 2 is 1.72 bits per heavy atom. The predicted octanol–water partition coefficient (Wildman–Crippen LogP) is 3.37. The first-order chi connectivity index (χ1) is 14.0. The van der Waals surface area contributed by atoms with Gasteiger partial charge >= 0.3 is 0 Å². The van der Waals surface area contributed by atoms with Gasteiger partial charge in [-0.25, -0.2) is 8.42 Å². The zero-order valence-electron chi connectivity index (χ0n) is 16.8. The van der Waals surface area contributed by atoms with Crippen molar-refractivity contribution in [1.29, 1.82) is 0 Å². The van der Waals surface area contributed by atoms with Crippen LogP contribution in [0.15, 0.2) is 53.4 Å². The molecule has 2 aromatic rings. The Labute approximate surface area is 172 Å². The van der Waals surface area contributed by atoms with Crippen LogP contribution in [-0.4, -0.2) is 44.9 Å². The number of hydrogen-bond donors (Lipinski definition) is 1. The normalized spacial score (nSPS) is 15.5. The van der Waals surface area contributed by atoms with Gasteiger partial charge in [0.2, 0.25) is 10.0 Å². The van der Waals surface area contributed by atoms with E-state index >= 15 is 0 Å². The average Bonchev–Trinajstić information content (AvgIpc) is 3.02. The quantitative estimate of drug-likeness (QED) is 0.702. The van der Waals surface area contributed by atoms with Crippen molar-refractivity contribution in [2.75, 3.05) is 26.2 Å². The molecule has 1 aliphatic heterocycles. The molecule has 1 aliphatic rings. The van der Waals surface area contributed by atoms with Crippen LogP contribution >= 0.6 is 0 Å². The summed E-state index contributed by atoms with van der Waals surface area (Å²) < 4.78 is 33.2. The number of carbonyl (C=O) groups excluding carboxylic acids is 1. The number of aryl methyl sites for hydroxylation is 1. The Kier molecular flexibility index (Phi) is 7.28. The van der Waals surface area contributed by atoms with Crippen molar-refractivity contribution in [3.05, 3.63) is 59.7 Å². The third kappa shape index (κ3) is 5.58. The van der Waals surface area contributed by atoms with Gasteiger partial charge in [-0.05, 0) is 49.6 Å². The molecule has 0 radical (unpaired) electrons. The maximum absolute atomic E-state index is 13.0. The van der Waals surface area contributed by atoms with Gasteiger partial charge in [0.25, 0.3) is 5.91 Å². The molecule has 0 aliphatic carbocycles. The lowest BCUT2D eigenvalue weighted by atomic mass is 10.1. The van der Waals surface area contributed by atoms with Crippen molar-refractivity contribution >= 4 is 15.9 Å². The number of amides is 1. The van der Waals surface area contributed by atoms with Crippen molar-refractivity contribution in [2.45, 2.75) is 37.5 Å². The molecule has 1 fully saturated rings. The van der Waals surface area contributed by atoms with E-state index in [9.17, 15) is 13.2 Å². The molecule has 3 rings (SSSR count). The van der Waals surface area contributed by atoms with Crippen LogP contribution in [0, 0.1) is 6.92 Å². The van der Waals surface area contributed by atoms with Gasteiger partial charge in [-0.1, -0.05) is 37.1 Å². The molecular weight excluding hydrogens is 388 g/mol. The highest BCUT2D eigenvalue weighted by Gasteiger charge is 2.26. The molecule has 0 saturated carbocycles. The van der Waals surface area contributed by atoms with Crippen LogP contribution in [0.3, 0.4) is 0 Å². The van der Waals surface area contributed by atoms with Crippen molar-refractivity contribution in [2.24, 2.45) is 0 Å². The lowest BCUT2D eigenvalue weighted by Gasteiger charge is -2.20. The van der Waals surface area contributed by atoms with E-state index in [0.29, 0.717) is 31.8 Å². The van der Waals surface area contributed by atoms with Gasteiger partial charge in [-0.3, -0.25) is 4.79 Å². The molecule has 0 atom stereocenters. The molecule has 0 unspecified atom stereocenters. The van der Waals surface area contributed by atoms with Crippen LogP contribution in [0.5, 0.6) is 5.75 Å². The zero-order chi connectivity index (χ0) is 20.7. The van der Waals surface area contributed by atoms with E-state index in [4.69, 9.17) is 4.74 Å². The second kappa shape index (κ2) is 9.89. The molecule has 156 valence electrons. The van der Waals surface area contributed by atoms with Crippen molar-refractivity contribution < 1.29 is 17.9 Å². The van der Waals surface area contributed by atoms with Gasteiger partial charge in [0, 0.05) is 18.7 Å². The summed E-state index contributed by atoms with van der Waals surface area (Å²) in [6.07, 6.45) is 3.86. The number of para-hydroxylation sites is 1. The van der Waals surface area contributed by atoms with Crippen LogP contribution in [0.25, 0.3) is 0 Å². The number of benzene rings is 2. The lowest BCUT2D eigenvalue weighted by Crippen LogP contribution is -2.32. The first-order valence-corrected chi connectivity index (χ1v) is 11.5. The fraction of sp³-hybridized carbons (Fsp3) is 0.409. The number of ether oxygens (including phenoxy) is 1. The number of sulfonamides is 1. The Balaban J connectivity index is 1.65. The molecule has 0 spiro atoms. The first kappa shape index (κ1) is 21.3. The topological polar surface area (TPSA) is 75.7 Å². The summed E-state index contributed by atoms with van der Waals surface area (Å²) >= 11 is 0. The predicted molar refractivity (Wildman–Crippen MR) is 113 cm³/mol. The van der Waals surface area contributed by atoms with Gasteiger partial charge in [-0.15, -0.1) is 0 Å². The van der Waals surface area contributed by atoms with E-state index < -0.39 is 10.0 Å². The van der Waals surface area contributed by atoms with Crippen LogP contribution in [0.1, 0.15) is 41.6 Å². The number of carbonyl (C=O) groups is 1. The Hall–Kier alpha value is -2.38. The van der Waals surface area contributed by atoms with Crippen LogP contribution in [0.2, 0.25) is 0 Å². The second-order valence-electron chi connectivity index (χ2n) is 7.21. The number of hydrogen-bond acceptors (Lipinski definition) is 4. The molecular formula is C22H28N2O4S. The van der Waals surface area contributed by atoms with E-state index in [-0.39, 0.29) is 10.8 Å². The van der Waals surface area contributed by atoms with Gasteiger partial charge in [-0.2, -0.15) is 4.31 Å². The molecule has 1 saturated heterocycles. The van der Waals surface area contributed by atoms with E-state index in [1.165, 1.54) is 6.07 Å². The van der Waals surface area contributed by atoms with Gasteiger partial charge in [0.1, 0.15) is 12.4 Å². The summed E-state index contributed by atoms with van der Waals surface area (Å²) in [4.78, 5) is 12.8. The molecule has 1 heterocycles. The summed E-state index contributed by atoms with van der Waals surface area (Å²) in [6.45, 7) is 3.54. The fourth-order valence-electron chi connectivity index (χ4n) is 3.38. The second-order valence-corrected chi connectivity index (χ2v) is 9.15. The summed E-state index contributed by atoms with van der Waals surface area (Å²) in [5.74, 6) is 0.440. The summed E-state index contributed by atoms with van der Waals surface area (Å²) in [6, 6.07) is 14.1. The summed E-state index contributed by atoms with van der Waals surface area (Å²) in [5.41, 5.74) is 1.11. The molecule has 29 heavy (non-hydrogen) atoms. The van der Waals surface area contributed by atoms with Crippen molar-refractivity contribution in [3.8, 4) is 5.75 Å². The number of rotatable bonds is 7.